The van der Waals surface area contributed by atoms with Crippen molar-refractivity contribution in [2.75, 3.05) is 39.7 Å². The molecule has 0 bridgehead atoms. The van der Waals surface area contributed by atoms with Crippen LogP contribution < -0.4 is 0 Å². The van der Waals surface area contributed by atoms with Crippen LogP contribution in [0.15, 0.2) is 36.4 Å². The monoisotopic (exact) mass is 217 g/mol. The van der Waals surface area contributed by atoms with E-state index in [1.165, 1.54) is 5.56 Å². The molecule has 86 valence electrons. The average molecular weight is 217 g/mol. The smallest absolute Gasteiger partial charge is 0.0394 e. The first-order chi connectivity index (χ1) is 8.38. The minimum atomic E-state index is 0.438. The highest BCUT2D eigenvalue weighted by Gasteiger charge is 2.11. The van der Waals surface area contributed by atoms with Crippen LogP contribution in [0, 0.1) is 0 Å². The zero-order valence-electron chi connectivity index (χ0n) is 10.7. The minimum absolute atomic E-state index is 0.438. The molecule has 1 saturated heterocycles. The molecule has 0 N–H and O–H groups in total. The standard InChI is InChI=1S/C14H20N2/c1-15-10-12-16(13-11-15)9-5-8-14-6-3-2-4-7-14/h2-8H,9-13H2,1H3/b8-5+/i1D. The summed E-state index contributed by atoms with van der Waals surface area (Å²) >= 11 is 0. The maximum absolute atomic E-state index is 7.31. The summed E-state index contributed by atoms with van der Waals surface area (Å²) in [6.45, 7) is 5.24. The Hall–Kier alpha value is -1.12. The first kappa shape index (κ1) is 10.1. The summed E-state index contributed by atoms with van der Waals surface area (Å²) in [5, 5.41) is 0. The highest BCUT2D eigenvalue weighted by Crippen LogP contribution is 2.03. The molecule has 0 aromatic heterocycles. The van der Waals surface area contributed by atoms with Gasteiger partial charge in [-0.3, -0.25) is 4.90 Å². The summed E-state index contributed by atoms with van der Waals surface area (Å²) in [6, 6.07) is 10.4. The van der Waals surface area contributed by atoms with Crippen LogP contribution in [-0.2, 0) is 0 Å². The predicted molar refractivity (Wildman–Crippen MR) is 69.4 cm³/mol. The first-order valence-electron chi connectivity index (χ1n) is 6.55. The van der Waals surface area contributed by atoms with E-state index in [-0.39, 0.29) is 0 Å². The van der Waals surface area contributed by atoms with Crippen molar-refractivity contribution in [3.05, 3.63) is 42.0 Å². The molecule has 1 aliphatic rings. The third-order valence-corrected chi connectivity index (χ3v) is 2.94. The normalized spacial score (nSPS) is 20.1. The molecule has 1 aliphatic heterocycles. The summed E-state index contributed by atoms with van der Waals surface area (Å²) < 4.78 is 7.31. The van der Waals surface area contributed by atoms with E-state index in [0.29, 0.717) is 7.02 Å². The van der Waals surface area contributed by atoms with Crippen molar-refractivity contribution in [1.82, 2.24) is 9.80 Å². The summed E-state index contributed by atoms with van der Waals surface area (Å²) in [7, 11) is 0.438. The van der Waals surface area contributed by atoms with Crippen LogP contribution in [0.3, 0.4) is 0 Å². The Morgan fingerprint density at radius 1 is 1.19 bits per heavy atom. The molecule has 1 heterocycles. The Kier molecular flexibility index (Phi) is 3.66. The average Bonchev–Trinajstić information content (AvgIpc) is 2.41. The Balaban J connectivity index is 1.74. The fourth-order valence-electron chi connectivity index (χ4n) is 1.87. The van der Waals surface area contributed by atoms with Crippen molar-refractivity contribution in [1.29, 1.82) is 0 Å². The lowest BCUT2D eigenvalue weighted by atomic mass is 10.2. The van der Waals surface area contributed by atoms with E-state index >= 15 is 0 Å². The van der Waals surface area contributed by atoms with Crippen molar-refractivity contribution in [3.8, 4) is 0 Å². The molecule has 0 aliphatic carbocycles. The molecule has 0 amide bonds. The molecule has 1 aromatic rings. The molecule has 2 nitrogen and oxygen atoms in total. The number of nitrogens with zero attached hydrogens (tertiary/aromatic N) is 2. The van der Waals surface area contributed by atoms with E-state index in [1.807, 2.05) is 6.07 Å². The summed E-state index contributed by atoms with van der Waals surface area (Å²) in [5.74, 6) is 0. The maximum Gasteiger partial charge on any atom is 0.0394 e. The number of hydrogen-bond acceptors (Lipinski definition) is 2. The second kappa shape index (κ2) is 5.83. The lowest BCUT2D eigenvalue weighted by Gasteiger charge is -2.31. The van der Waals surface area contributed by atoms with Crippen LogP contribution >= 0.6 is 0 Å². The van der Waals surface area contributed by atoms with Gasteiger partial charge in [-0.05, 0) is 12.6 Å². The van der Waals surface area contributed by atoms with Crippen LogP contribution in [0.2, 0.25) is 0 Å². The molecule has 0 saturated carbocycles. The minimum Gasteiger partial charge on any atom is -0.304 e. The fourth-order valence-corrected chi connectivity index (χ4v) is 1.87. The number of hydrogen-bond donors (Lipinski definition) is 0. The molecule has 0 atom stereocenters. The van der Waals surface area contributed by atoms with E-state index in [1.54, 1.807) is 0 Å². The largest absolute Gasteiger partial charge is 0.304 e. The summed E-state index contributed by atoms with van der Waals surface area (Å²) in [6.07, 6.45) is 4.41. The molecule has 1 fully saturated rings. The van der Waals surface area contributed by atoms with E-state index in [0.717, 1.165) is 32.7 Å². The van der Waals surface area contributed by atoms with Crippen molar-refractivity contribution in [2.45, 2.75) is 0 Å². The highest BCUT2D eigenvalue weighted by molar-refractivity contribution is 5.48. The first-order valence-corrected chi connectivity index (χ1v) is 5.84. The van der Waals surface area contributed by atoms with Crippen molar-refractivity contribution >= 4 is 6.08 Å². The van der Waals surface area contributed by atoms with Crippen molar-refractivity contribution < 1.29 is 1.37 Å². The number of benzene rings is 1. The van der Waals surface area contributed by atoms with Gasteiger partial charge in [0, 0.05) is 34.1 Å². The third kappa shape index (κ3) is 3.47. The molecular formula is C14H20N2. The third-order valence-electron chi connectivity index (χ3n) is 2.94. The van der Waals surface area contributed by atoms with Crippen LogP contribution in [0.5, 0.6) is 0 Å². The Labute approximate surface area is 99.6 Å². The van der Waals surface area contributed by atoms with E-state index in [9.17, 15) is 0 Å². The van der Waals surface area contributed by atoms with Crippen LogP contribution in [0.1, 0.15) is 6.93 Å². The molecule has 16 heavy (non-hydrogen) atoms. The van der Waals surface area contributed by atoms with Gasteiger partial charge in [0.1, 0.15) is 0 Å². The highest BCUT2D eigenvalue weighted by atomic mass is 15.2. The van der Waals surface area contributed by atoms with Gasteiger partial charge in [-0.1, -0.05) is 42.5 Å². The van der Waals surface area contributed by atoms with Gasteiger partial charge in [0.25, 0.3) is 0 Å². The van der Waals surface area contributed by atoms with Crippen molar-refractivity contribution in [3.63, 3.8) is 0 Å². The fraction of sp³-hybridized carbons (Fsp3) is 0.429. The van der Waals surface area contributed by atoms with Gasteiger partial charge in [-0.25, -0.2) is 0 Å². The quantitative estimate of drug-likeness (QED) is 0.763. The zero-order valence-corrected chi connectivity index (χ0v) is 9.68. The van der Waals surface area contributed by atoms with Gasteiger partial charge in [0.2, 0.25) is 0 Å². The van der Waals surface area contributed by atoms with E-state index in [4.69, 9.17) is 1.37 Å². The van der Waals surface area contributed by atoms with E-state index in [2.05, 4.69) is 46.2 Å². The Bertz CT molecular complexity index is 342. The molecule has 1 aromatic carbocycles. The van der Waals surface area contributed by atoms with Gasteiger partial charge in [0.05, 0.1) is 0 Å². The number of likely N-dealkylation sites (N-methyl/N-ethyl adjacent to an activating group) is 1. The molecule has 2 heteroatoms. The second-order valence-corrected chi connectivity index (χ2v) is 4.23. The predicted octanol–water partition coefficient (Wildman–Crippen LogP) is 1.95. The lowest BCUT2D eigenvalue weighted by molar-refractivity contribution is 0.167. The summed E-state index contributed by atoms with van der Waals surface area (Å²) in [5.41, 5.74) is 1.26. The topological polar surface area (TPSA) is 6.48 Å². The number of rotatable bonds is 3. The maximum atomic E-state index is 7.31. The molecule has 0 spiro atoms. The van der Waals surface area contributed by atoms with Gasteiger partial charge in [0.15, 0.2) is 0 Å². The molecule has 2 rings (SSSR count). The molecular weight excluding hydrogens is 196 g/mol. The molecule has 0 unspecified atom stereocenters. The van der Waals surface area contributed by atoms with Crippen molar-refractivity contribution in [2.24, 2.45) is 0 Å². The van der Waals surface area contributed by atoms with Crippen LogP contribution in [-0.4, -0.2) is 49.5 Å². The molecule has 0 radical (unpaired) electrons. The number of piperazine rings is 1. The SMILES string of the molecule is [2H]CN1CCN(C/C=C/c2ccccc2)CC1. The summed E-state index contributed by atoms with van der Waals surface area (Å²) in [4.78, 5) is 4.61. The Morgan fingerprint density at radius 2 is 1.94 bits per heavy atom. The second-order valence-electron chi connectivity index (χ2n) is 4.23. The van der Waals surface area contributed by atoms with Crippen LogP contribution in [0.25, 0.3) is 6.08 Å². The van der Waals surface area contributed by atoms with Gasteiger partial charge < -0.3 is 4.90 Å². The zero-order chi connectivity index (χ0) is 11.9. The lowest BCUT2D eigenvalue weighted by Crippen LogP contribution is -2.44. The van der Waals surface area contributed by atoms with Gasteiger partial charge in [-0.2, -0.15) is 0 Å². The van der Waals surface area contributed by atoms with Gasteiger partial charge in [-0.15, -0.1) is 0 Å². The van der Waals surface area contributed by atoms with Gasteiger partial charge >= 0.3 is 0 Å². The van der Waals surface area contributed by atoms with Crippen LogP contribution in [0.4, 0.5) is 0 Å². The Morgan fingerprint density at radius 3 is 2.62 bits per heavy atom. The van der Waals surface area contributed by atoms with E-state index < -0.39 is 0 Å².